The van der Waals surface area contributed by atoms with E-state index in [0.717, 1.165) is 12.8 Å². The Hall–Kier alpha value is -1.14. The van der Waals surface area contributed by atoms with Gasteiger partial charge in [0.05, 0.1) is 25.0 Å². The summed E-state index contributed by atoms with van der Waals surface area (Å²) in [6, 6.07) is 0. The second kappa shape index (κ2) is 12.3. The van der Waals surface area contributed by atoms with Crippen LogP contribution in [0.1, 0.15) is 52.4 Å². The molecule has 0 spiro atoms. The Kier molecular flexibility index (Phi) is 13.1. The number of carboxylic acids is 2. The number of hydrogen-bond donors (Lipinski definition) is 4. The highest BCUT2D eigenvalue weighted by atomic mass is 16.4. The molecule has 0 fully saturated rings. The quantitative estimate of drug-likeness (QED) is 0.524. The van der Waals surface area contributed by atoms with Gasteiger partial charge in [-0.1, -0.05) is 26.7 Å². The third kappa shape index (κ3) is 17.3. The average Bonchev–Trinajstić information content (AvgIpc) is 2.25. The fraction of sp³-hybridized carbons (Fsp3) is 0.833. The van der Waals surface area contributed by atoms with Crippen molar-refractivity contribution in [2.75, 3.05) is 0 Å². The maximum absolute atomic E-state index is 10.0. The molecular weight excluding hydrogens is 240 g/mol. The van der Waals surface area contributed by atoms with E-state index >= 15 is 0 Å². The zero-order chi connectivity index (χ0) is 14.6. The predicted octanol–water partition coefficient (Wildman–Crippen LogP) is 1.24. The summed E-state index contributed by atoms with van der Waals surface area (Å²) in [5.74, 6) is -1.87. The van der Waals surface area contributed by atoms with Crippen molar-refractivity contribution in [3.8, 4) is 0 Å². The van der Waals surface area contributed by atoms with Crippen molar-refractivity contribution < 1.29 is 30.0 Å². The number of aliphatic hydroxyl groups is 2. The van der Waals surface area contributed by atoms with Crippen LogP contribution in [0.2, 0.25) is 0 Å². The van der Waals surface area contributed by atoms with Gasteiger partial charge in [-0.3, -0.25) is 9.59 Å². The molecule has 0 amide bonds. The summed E-state index contributed by atoms with van der Waals surface area (Å²) >= 11 is 0. The number of carboxylic acid groups (broad SMARTS) is 2. The zero-order valence-electron chi connectivity index (χ0n) is 11.0. The molecule has 0 aromatic heterocycles. The number of aliphatic hydroxyl groups excluding tert-OH is 2. The molecule has 0 aromatic rings. The molecule has 4 N–H and O–H groups in total. The van der Waals surface area contributed by atoms with Crippen LogP contribution in [0.4, 0.5) is 0 Å². The fourth-order valence-electron chi connectivity index (χ4n) is 1.09. The first-order valence-corrected chi connectivity index (χ1v) is 6.13. The molecule has 108 valence electrons. The average molecular weight is 264 g/mol. The van der Waals surface area contributed by atoms with E-state index < -0.39 is 24.1 Å². The lowest BCUT2D eigenvalue weighted by molar-refractivity contribution is -0.140. The molecule has 2 atom stereocenters. The van der Waals surface area contributed by atoms with Crippen molar-refractivity contribution in [1.29, 1.82) is 0 Å². The first-order valence-electron chi connectivity index (χ1n) is 6.13. The minimum Gasteiger partial charge on any atom is -0.481 e. The van der Waals surface area contributed by atoms with E-state index in [1.54, 1.807) is 6.92 Å². The van der Waals surface area contributed by atoms with Crippen LogP contribution in [0.3, 0.4) is 0 Å². The van der Waals surface area contributed by atoms with Crippen LogP contribution in [0, 0.1) is 0 Å². The van der Waals surface area contributed by atoms with Crippen LogP contribution < -0.4 is 0 Å². The van der Waals surface area contributed by atoms with Crippen molar-refractivity contribution >= 4 is 11.9 Å². The number of rotatable bonds is 8. The van der Waals surface area contributed by atoms with E-state index in [-0.39, 0.29) is 12.8 Å². The Bertz CT molecular complexity index is 229. The number of unbranched alkanes of at least 4 members (excludes halogenated alkanes) is 1. The summed E-state index contributed by atoms with van der Waals surface area (Å²) in [6.07, 6.45) is 1.40. The lowest BCUT2D eigenvalue weighted by atomic mass is 10.1. The van der Waals surface area contributed by atoms with Crippen molar-refractivity contribution in [3.05, 3.63) is 0 Å². The predicted molar refractivity (Wildman–Crippen MR) is 66.3 cm³/mol. The first-order chi connectivity index (χ1) is 8.33. The van der Waals surface area contributed by atoms with E-state index in [0.29, 0.717) is 12.8 Å². The van der Waals surface area contributed by atoms with Gasteiger partial charge in [-0.05, 0) is 12.8 Å². The molecule has 18 heavy (non-hydrogen) atoms. The van der Waals surface area contributed by atoms with Crippen LogP contribution in [-0.2, 0) is 9.59 Å². The van der Waals surface area contributed by atoms with E-state index in [9.17, 15) is 9.59 Å². The van der Waals surface area contributed by atoms with Crippen molar-refractivity contribution in [3.63, 3.8) is 0 Å². The SMILES string of the molecule is CCC(O)CC(=O)O.CCCCC(O)CC(=O)O. The summed E-state index contributed by atoms with van der Waals surface area (Å²) in [4.78, 5) is 19.8. The highest BCUT2D eigenvalue weighted by Crippen LogP contribution is 2.03. The van der Waals surface area contributed by atoms with E-state index in [1.807, 2.05) is 6.92 Å². The molecular formula is C12H24O6. The summed E-state index contributed by atoms with van der Waals surface area (Å²) in [7, 11) is 0. The molecule has 0 aliphatic carbocycles. The molecule has 0 bridgehead atoms. The van der Waals surface area contributed by atoms with Gasteiger partial charge in [0, 0.05) is 0 Å². The Labute approximate surface area is 107 Å². The molecule has 0 saturated heterocycles. The Morgan fingerprint density at radius 1 is 0.944 bits per heavy atom. The number of carbonyl (C=O) groups is 2. The molecule has 0 heterocycles. The molecule has 0 aliphatic rings. The zero-order valence-corrected chi connectivity index (χ0v) is 11.0. The third-order valence-electron chi connectivity index (χ3n) is 2.18. The van der Waals surface area contributed by atoms with Crippen molar-refractivity contribution in [2.45, 2.75) is 64.6 Å². The van der Waals surface area contributed by atoms with Crippen LogP contribution in [-0.4, -0.2) is 44.6 Å². The van der Waals surface area contributed by atoms with Gasteiger partial charge in [-0.2, -0.15) is 0 Å². The summed E-state index contributed by atoms with van der Waals surface area (Å²) in [6.45, 7) is 3.75. The Morgan fingerprint density at radius 3 is 1.67 bits per heavy atom. The fourth-order valence-corrected chi connectivity index (χ4v) is 1.09. The molecule has 2 unspecified atom stereocenters. The monoisotopic (exact) mass is 264 g/mol. The van der Waals surface area contributed by atoms with E-state index in [1.165, 1.54) is 0 Å². The molecule has 0 aliphatic heterocycles. The van der Waals surface area contributed by atoms with Gasteiger partial charge in [0.15, 0.2) is 0 Å². The third-order valence-corrected chi connectivity index (χ3v) is 2.18. The summed E-state index contributed by atoms with van der Waals surface area (Å²) in [5.41, 5.74) is 0. The molecule has 6 heteroatoms. The Morgan fingerprint density at radius 2 is 1.39 bits per heavy atom. The van der Waals surface area contributed by atoms with Gasteiger partial charge in [0.1, 0.15) is 0 Å². The second-order valence-corrected chi connectivity index (χ2v) is 4.05. The number of hydrogen-bond acceptors (Lipinski definition) is 4. The summed E-state index contributed by atoms with van der Waals surface area (Å²) in [5, 5.41) is 33.9. The minimum atomic E-state index is -0.945. The van der Waals surface area contributed by atoms with Crippen LogP contribution >= 0.6 is 0 Å². The number of aliphatic carboxylic acids is 2. The molecule has 0 aromatic carbocycles. The summed E-state index contributed by atoms with van der Waals surface area (Å²) < 4.78 is 0. The van der Waals surface area contributed by atoms with E-state index in [4.69, 9.17) is 20.4 Å². The highest BCUT2D eigenvalue weighted by molar-refractivity contribution is 5.67. The largest absolute Gasteiger partial charge is 0.481 e. The van der Waals surface area contributed by atoms with Gasteiger partial charge in [-0.25, -0.2) is 0 Å². The smallest absolute Gasteiger partial charge is 0.305 e. The van der Waals surface area contributed by atoms with Crippen LogP contribution in [0.5, 0.6) is 0 Å². The lowest BCUT2D eigenvalue weighted by Gasteiger charge is -2.04. The van der Waals surface area contributed by atoms with Gasteiger partial charge in [-0.15, -0.1) is 0 Å². The van der Waals surface area contributed by atoms with Gasteiger partial charge >= 0.3 is 11.9 Å². The van der Waals surface area contributed by atoms with Gasteiger partial charge < -0.3 is 20.4 Å². The lowest BCUT2D eigenvalue weighted by Crippen LogP contribution is -2.12. The maximum atomic E-state index is 10.0. The minimum absolute atomic E-state index is 0.125. The maximum Gasteiger partial charge on any atom is 0.305 e. The Balaban J connectivity index is 0. The molecule has 6 nitrogen and oxygen atoms in total. The normalized spacial score (nSPS) is 13.1. The standard InChI is InChI=1S/C7H14O3.C5H10O3/c1-2-3-4-6(8)5-7(9)10;1-2-4(6)3-5(7)8/h6,8H,2-5H2,1H3,(H,9,10);4,6H,2-3H2,1H3,(H,7,8). The second-order valence-electron chi connectivity index (χ2n) is 4.05. The van der Waals surface area contributed by atoms with E-state index in [2.05, 4.69) is 0 Å². The van der Waals surface area contributed by atoms with Crippen molar-refractivity contribution in [2.24, 2.45) is 0 Å². The topological polar surface area (TPSA) is 115 Å². The molecule has 0 rings (SSSR count). The molecule has 0 saturated carbocycles. The highest BCUT2D eigenvalue weighted by Gasteiger charge is 2.07. The van der Waals surface area contributed by atoms with Crippen molar-refractivity contribution in [1.82, 2.24) is 0 Å². The molecule has 0 radical (unpaired) electrons. The first kappa shape index (κ1) is 19.2. The van der Waals surface area contributed by atoms with Crippen LogP contribution in [0.15, 0.2) is 0 Å². The van der Waals surface area contributed by atoms with Crippen LogP contribution in [0.25, 0.3) is 0 Å². The van der Waals surface area contributed by atoms with Gasteiger partial charge in [0.25, 0.3) is 0 Å². The van der Waals surface area contributed by atoms with Gasteiger partial charge in [0.2, 0.25) is 0 Å².